The van der Waals surface area contributed by atoms with Gasteiger partial charge in [-0.2, -0.15) is 0 Å². The molecule has 1 unspecified atom stereocenters. The van der Waals surface area contributed by atoms with E-state index in [1.54, 1.807) is 30.3 Å². The van der Waals surface area contributed by atoms with E-state index in [1.807, 2.05) is 0 Å². The minimum Gasteiger partial charge on any atom is -0.466 e. The van der Waals surface area contributed by atoms with Crippen molar-refractivity contribution in [3.63, 3.8) is 0 Å². The Morgan fingerprint density at radius 3 is 2.12 bits per heavy atom. The van der Waals surface area contributed by atoms with E-state index in [0.29, 0.717) is 9.80 Å². The quantitative estimate of drug-likeness (QED) is 0.186. The Kier molecular flexibility index (Phi) is 13.3. The van der Waals surface area contributed by atoms with Gasteiger partial charge in [-0.15, -0.1) is 0 Å². The minimum atomic E-state index is -2.64. The van der Waals surface area contributed by atoms with E-state index >= 15 is 0 Å². The van der Waals surface area contributed by atoms with Crippen LogP contribution in [0.1, 0.15) is 40.5 Å². The summed E-state index contributed by atoms with van der Waals surface area (Å²) < 4.78 is 55.6. The molecule has 0 radical (unpaired) electrons. The molecular formula is C35H42N2O19S. The lowest BCUT2D eigenvalue weighted by Crippen LogP contribution is -2.67. The number of nitrogens with one attached hydrogen (secondary N) is 1. The molecule has 4 heterocycles. The molecule has 0 saturated carbocycles. The Hall–Kier alpha value is -5.03. The highest BCUT2D eigenvalue weighted by atomic mass is 32.2. The van der Waals surface area contributed by atoms with Crippen molar-refractivity contribution in [2.24, 2.45) is 0 Å². The van der Waals surface area contributed by atoms with Gasteiger partial charge in [0.15, 0.2) is 12.2 Å². The molecule has 0 aromatic heterocycles. The maximum Gasteiger partial charge on any atom is 0.417 e. The largest absolute Gasteiger partial charge is 0.466 e. The molecule has 4 saturated heterocycles. The van der Waals surface area contributed by atoms with Crippen LogP contribution in [0, 0.1) is 0 Å². The maximum absolute atomic E-state index is 13.8. The van der Waals surface area contributed by atoms with Crippen molar-refractivity contribution in [1.29, 1.82) is 0 Å². The number of hydrogen-bond donors (Lipinski definition) is 2. The fraction of sp³-hybridized carbons (Fsp3) is 0.600. The number of aliphatic hydroxyl groups excluding tert-OH is 1. The SMILES string of the molecule is COC(=O)[C@@]1(OCC(O)[C@@H]2O[C@](Sc3ccccc3)(C(=O)OC)C[C@@H]3OC(=O)N[C@H]32)C[C@@H]2OC(=O)N(C(C)=O)[C@H]2[C@H]([C@@H](OC(C)=O)[C@H](COC(C)=O)OC(C)=O)O1. The standard InChI is InChI=1S/C35H42N2O19S/c1-16(38)37-26-23(54-33(37)46)12-34(30(43)47-5,55-29(26)28(52-19(4)41)24(51-18(3)40)15-49-17(2)39)50-14-21(42)27-25-22(53-32(45)36-25)13-35(56-27,31(44)48-6)57-20-10-8-7-9-11-20/h7-11,21-29,42H,12-15H2,1-6H3,(H,36,45)/t21?,22-,23-,24-,25+,26+,27-,28-,29+,34+,35+/m0/s1. The Morgan fingerprint density at radius 1 is 0.860 bits per heavy atom. The number of benzene rings is 1. The van der Waals surface area contributed by atoms with Crippen LogP contribution in [0.5, 0.6) is 0 Å². The average molecular weight is 827 g/mol. The second kappa shape index (κ2) is 17.6. The van der Waals surface area contributed by atoms with Crippen molar-refractivity contribution in [2.45, 2.75) is 111 Å². The first-order valence-corrected chi connectivity index (χ1v) is 18.3. The first-order valence-electron chi connectivity index (χ1n) is 17.5. The zero-order valence-electron chi connectivity index (χ0n) is 31.6. The fourth-order valence-corrected chi connectivity index (χ4v) is 8.36. The molecule has 0 spiro atoms. The first-order chi connectivity index (χ1) is 26.9. The molecule has 57 heavy (non-hydrogen) atoms. The number of imide groups is 1. The molecule has 312 valence electrons. The van der Waals surface area contributed by atoms with Crippen molar-refractivity contribution in [3.8, 4) is 0 Å². The molecule has 11 atom stereocenters. The molecule has 1 aromatic carbocycles. The number of thioether (sulfide) groups is 1. The summed E-state index contributed by atoms with van der Waals surface area (Å²) in [4.78, 5) is 102. The molecule has 3 amide bonds. The third-order valence-corrected chi connectivity index (χ3v) is 10.6. The van der Waals surface area contributed by atoms with E-state index in [2.05, 4.69) is 5.32 Å². The number of rotatable bonds is 14. The molecule has 0 bridgehead atoms. The lowest BCUT2D eigenvalue weighted by atomic mass is 9.87. The number of hydrogen-bond acceptors (Lipinski definition) is 20. The summed E-state index contributed by atoms with van der Waals surface area (Å²) in [6, 6.07) is 6.08. The zero-order valence-corrected chi connectivity index (χ0v) is 32.4. The molecule has 22 heteroatoms. The van der Waals surface area contributed by atoms with Gasteiger partial charge >= 0.3 is 42.0 Å². The number of esters is 5. The van der Waals surface area contributed by atoms with E-state index in [4.69, 9.17) is 47.4 Å². The number of amides is 3. The summed E-state index contributed by atoms with van der Waals surface area (Å²) in [5, 5.41) is 14.3. The highest BCUT2D eigenvalue weighted by Gasteiger charge is 2.65. The third kappa shape index (κ3) is 9.25. The van der Waals surface area contributed by atoms with Crippen LogP contribution in [-0.4, -0.2) is 151 Å². The summed E-state index contributed by atoms with van der Waals surface area (Å²) in [6.45, 7) is 2.48. The topological polar surface area (TPSA) is 264 Å². The van der Waals surface area contributed by atoms with Crippen molar-refractivity contribution in [1.82, 2.24) is 10.2 Å². The Morgan fingerprint density at radius 2 is 1.53 bits per heavy atom. The molecule has 4 aliphatic heterocycles. The maximum atomic E-state index is 13.8. The van der Waals surface area contributed by atoms with Crippen molar-refractivity contribution in [2.75, 3.05) is 27.4 Å². The minimum absolute atomic E-state index is 0.195. The van der Waals surface area contributed by atoms with E-state index in [0.717, 1.165) is 53.7 Å². The van der Waals surface area contributed by atoms with Crippen LogP contribution < -0.4 is 5.32 Å². The normalized spacial score (nSPS) is 30.5. The summed E-state index contributed by atoms with van der Waals surface area (Å²) in [6.07, 6.45) is -14.0. The molecule has 2 N–H and O–H groups in total. The molecule has 5 rings (SSSR count). The average Bonchev–Trinajstić information content (AvgIpc) is 3.70. The van der Waals surface area contributed by atoms with E-state index in [-0.39, 0.29) is 6.42 Å². The fourth-order valence-electron chi connectivity index (χ4n) is 7.11. The number of ether oxygens (including phenoxy) is 10. The smallest absolute Gasteiger partial charge is 0.417 e. The number of carbonyl (C=O) groups excluding carboxylic acids is 8. The Bertz CT molecular complexity index is 1750. The summed E-state index contributed by atoms with van der Waals surface area (Å²) in [5.41, 5.74) is 0. The van der Waals surface area contributed by atoms with Crippen molar-refractivity contribution < 1.29 is 90.8 Å². The number of fused-ring (bicyclic) bond motifs is 2. The van der Waals surface area contributed by atoms with Crippen molar-refractivity contribution >= 4 is 59.7 Å². The van der Waals surface area contributed by atoms with Gasteiger partial charge in [-0.1, -0.05) is 30.0 Å². The lowest BCUT2D eigenvalue weighted by Gasteiger charge is -2.47. The molecular weight excluding hydrogens is 784 g/mol. The van der Waals surface area contributed by atoms with Gasteiger partial charge in [0.05, 0.1) is 33.3 Å². The lowest BCUT2D eigenvalue weighted by molar-refractivity contribution is -0.318. The molecule has 21 nitrogen and oxygen atoms in total. The number of aliphatic hydroxyl groups is 1. The van der Waals surface area contributed by atoms with E-state index in [9.17, 15) is 43.5 Å². The van der Waals surface area contributed by atoms with Crippen LogP contribution >= 0.6 is 11.8 Å². The Labute approximate surface area is 329 Å². The molecule has 4 fully saturated rings. The molecule has 0 aliphatic carbocycles. The summed E-state index contributed by atoms with van der Waals surface area (Å²) >= 11 is 0.948. The number of methoxy groups -OCH3 is 2. The third-order valence-electron chi connectivity index (χ3n) is 9.34. The zero-order chi connectivity index (χ0) is 41.8. The molecule has 1 aromatic rings. The van der Waals surface area contributed by atoms with Crippen LogP contribution in [0.25, 0.3) is 0 Å². The number of alkyl carbamates (subject to hydrolysis) is 1. The van der Waals surface area contributed by atoms with Crippen LogP contribution in [0.3, 0.4) is 0 Å². The summed E-state index contributed by atoms with van der Waals surface area (Å²) in [7, 11) is 2.10. The Balaban J connectivity index is 1.53. The van der Waals surface area contributed by atoms with Gasteiger partial charge in [-0.3, -0.25) is 19.2 Å². The van der Waals surface area contributed by atoms with Gasteiger partial charge in [0.25, 0.3) is 5.79 Å². The van der Waals surface area contributed by atoms with E-state index < -0.39 is 133 Å². The van der Waals surface area contributed by atoms with Gasteiger partial charge in [0.1, 0.15) is 43.2 Å². The van der Waals surface area contributed by atoms with Gasteiger partial charge < -0.3 is 57.8 Å². The first kappa shape index (κ1) is 43.1. The number of nitrogens with zero attached hydrogens (tertiary/aromatic N) is 1. The van der Waals surface area contributed by atoms with Gasteiger partial charge in [0.2, 0.25) is 10.8 Å². The van der Waals surface area contributed by atoms with Gasteiger partial charge in [-0.05, 0) is 12.1 Å². The van der Waals surface area contributed by atoms with Crippen LogP contribution in [-0.2, 0) is 76.1 Å². The molecule has 4 aliphatic rings. The predicted octanol–water partition coefficient (Wildman–Crippen LogP) is 0.112. The van der Waals surface area contributed by atoms with Crippen molar-refractivity contribution in [3.05, 3.63) is 30.3 Å². The van der Waals surface area contributed by atoms with Crippen LogP contribution in [0.2, 0.25) is 0 Å². The van der Waals surface area contributed by atoms with Gasteiger partial charge in [-0.25, -0.2) is 24.1 Å². The van der Waals surface area contributed by atoms with Crippen LogP contribution in [0.4, 0.5) is 9.59 Å². The van der Waals surface area contributed by atoms with E-state index in [1.165, 1.54) is 0 Å². The monoisotopic (exact) mass is 826 g/mol. The highest BCUT2D eigenvalue weighted by molar-refractivity contribution is 8.01. The summed E-state index contributed by atoms with van der Waals surface area (Å²) in [5.74, 6) is -8.35. The van der Waals surface area contributed by atoms with Crippen LogP contribution in [0.15, 0.2) is 35.2 Å². The second-order valence-electron chi connectivity index (χ2n) is 13.3. The highest BCUT2D eigenvalue weighted by Crippen LogP contribution is 2.47. The van der Waals surface area contributed by atoms with Gasteiger partial charge in [0, 0.05) is 39.0 Å². The number of carbonyl (C=O) groups is 8. The second-order valence-corrected chi connectivity index (χ2v) is 14.6. The predicted molar refractivity (Wildman–Crippen MR) is 184 cm³/mol.